The van der Waals surface area contributed by atoms with Gasteiger partial charge in [0.15, 0.2) is 0 Å². The van der Waals surface area contributed by atoms with E-state index in [1.165, 1.54) is 19.4 Å². The highest BCUT2D eigenvalue weighted by Crippen LogP contribution is 2.25. The molecular formula is C20H31ClN4O. The van der Waals surface area contributed by atoms with Crippen molar-refractivity contribution < 1.29 is 4.79 Å². The second-order valence-corrected chi connectivity index (χ2v) is 7.97. The predicted molar refractivity (Wildman–Crippen MR) is 107 cm³/mol. The van der Waals surface area contributed by atoms with Crippen LogP contribution in [0.2, 0.25) is 5.02 Å². The molecule has 1 aromatic rings. The molecule has 0 unspecified atom stereocenters. The first-order valence-corrected chi connectivity index (χ1v) is 10.4. The molecule has 3 rings (SSSR count). The van der Waals surface area contributed by atoms with Gasteiger partial charge in [-0.1, -0.05) is 18.5 Å². The normalized spacial score (nSPS) is 21.9. The van der Waals surface area contributed by atoms with E-state index in [1.54, 1.807) is 6.20 Å². The summed E-state index contributed by atoms with van der Waals surface area (Å²) in [5.74, 6) is 1.86. The minimum atomic E-state index is 0.217. The largest absolute Gasteiger partial charge is 0.357 e. The number of nitrogens with zero attached hydrogens (tertiary/aromatic N) is 3. The summed E-state index contributed by atoms with van der Waals surface area (Å²) in [5, 5.41) is 3.83. The van der Waals surface area contributed by atoms with Crippen molar-refractivity contribution in [3.63, 3.8) is 0 Å². The number of carbonyl (C=O) groups excluding carboxylic acids is 1. The third kappa shape index (κ3) is 5.34. The Morgan fingerprint density at radius 3 is 2.77 bits per heavy atom. The smallest absolute Gasteiger partial charge is 0.220 e. The standard InChI is InChI=1S/C20H31ClN4O/c1-2-24-11-3-4-18(24)15-23-20(26)8-5-16-9-12-25(13-10-16)19-7-6-17(21)14-22-19/h6-7,14,16,18H,2-5,8-13,15H2,1H3,(H,23,26)/t18-/m1/s1. The van der Waals surface area contributed by atoms with E-state index < -0.39 is 0 Å². The number of likely N-dealkylation sites (N-methyl/N-ethyl adjacent to an activating group) is 1. The Morgan fingerprint density at radius 1 is 1.27 bits per heavy atom. The lowest BCUT2D eigenvalue weighted by Crippen LogP contribution is -2.40. The van der Waals surface area contributed by atoms with Crippen molar-refractivity contribution >= 4 is 23.3 Å². The fraction of sp³-hybridized carbons (Fsp3) is 0.700. The molecule has 2 fully saturated rings. The van der Waals surface area contributed by atoms with Gasteiger partial charge < -0.3 is 10.2 Å². The van der Waals surface area contributed by atoms with Crippen LogP contribution in [0, 0.1) is 5.92 Å². The number of amides is 1. The Hall–Kier alpha value is -1.33. The summed E-state index contributed by atoms with van der Waals surface area (Å²) >= 11 is 5.91. The van der Waals surface area contributed by atoms with Gasteiger partial charge in [0, 0.05) is 38.3 Å². The fourth-order valence-corrected chi connectivity index (χ4v) is 4.32. The molecule has 1 amide bonds. The van der Waals surface area contributed by atoms with E-state index in [0.29, 0.717) is 23.4 Å². The SMILES string of the molecule is CCN1CCC[C@@H]1CNC(=O)CCC1CCN(c2ccc(Cl)cn2)CC1. The minimum Gasteiger partial charge on any atom is -0.357 e. The van der Waals surface area contributed by atoms with Gasteiger partial charge in [-0.25, -0.2) is 4.98 Å². The Morgan fingerprint density at radius 2 is 2.08 bits per heavy atom. The average molecular weight is 379 g/mol. The van der Waals surface area contributed by atoms with Crippen LogP contribution in [-0.4, -0.2) is 54.6 Å². The zero-order chi connectivity index (χ0) is 18.4. The molecule has 0 radical (unpaired) electrons. The number of nitrogens with one attached hydrogen (secondary N) is 1. The van der Waals surface area contributed by atoms with Crippen LogP contribution in [0.15, 0.2) is 18.3 Å². The Balaban J connectivity index is 1.33. The number of pyridine rings is 1. The number of rotatable bonds is 7. The van der Waals surface area contributed by atoms with Crippen molar-refractivity contribution in [1.82, 2.24) is 15.2 Å². The van der Waals surface area contributed by atoms with Gasteiger partial charge in [-0.3, -0.25) is 9.69 Å². The number of hydrogen-bond acceptors (Lipinski definition) is 4. The molecule has 2 saturated heterocycles. The zero-order valence-electron chi connectivity index (χ0n) is 15.8. The van der Waals surface area contributed by atoms with Crippen LogP contribution >= 0.6 is 11.6 Å². The summed E-state index contributed by atoms with van der Waals surface area (Å²) in [5.41, 5.74) is 0. The summed E-state index contributed by atoms with van der Waals surface area (Å²) < 4.78 is 0. The monoisotopic (exact) mass is 378 g/mol. The maximum atomic E-state index is 12.2. The van der Waals surface area contributed by atoms with Crippen molar-refractivity contribution in [3.05, 3.63) is 23.4 Å². The van der Waals surface area contributed by atoms with Gasteiger partial charge in [0.2, 0.25) is 5.91 Å². The third-order valence-corrected chi connectivity index (χ3v) is 6.09. The van der Waals surface area contributed by atoms with E-state index in [1.807, 2.05) is 12.1 Å². The van der Waals surface area contributed by atoms with Crippen molar-refractivity contribution in [2.45, 2.75) is 51.5 Å². The summed E-state index contributed by atoms with van der Waals surface area (Å²) in [4.78, 5) is 21.4. The molecule has 0 aliphatic carbocycles. The average Bonchev–Trinajstić information content (AvgIpc) is 3.13. The van der Waals surface area contributed by atoms with Gasteiger partial charge in [0.1, 0.15) is 5.82 Å². The highest BCUT2D eigenvalue weighted by Gasteiger charge is 2.24. The predicted octanol–water partition coefficient (Wildman–Crippen LogP) is 3.33. The van der Waals surface area contributed by atoms with E-state index in [9.17, 15) is 4.79 Å². The van der Waals surface area contributed by atoms with E-state index in [-0.39, 0.29) is 5.91 Å². The molecule has 3 heterocycles. The first-order chi connectivity index (χ1) is 12.7. The topological polar surface area (TPSA) is 48.5 Å². The number of likely N-dealkylation sites (tertiary alicyclic amines) is 1. The Kier molecular flexibility index (Phi) is 7.15. The maximum Gasteiger partial charge on any atom is 0.220 e. The Labute approximate surface area is 162 Å². The van der Waals surface area contributed by atoms with Gasteiger partial charge in [0.25, 0.3) is 0 Å². The zero-order valence-corrected chi connectivity index (χ0v) is 16.5. The number of hydrogen-bond donors (Lipinski definition) is 1. The van der Waals surface area contributed by atoms with Crippen LogP contribution in [0.3, 0.4) is 0 Å². The van der Waals surface area contributed by atoms with Gasteiger partial charge >= 0.3 is 0 Å². The Bertz CT molecular complexity index is 572. The summed E-state index contributed by atoms with van der Waals surface area (Å²) in [6, 6.07) is 4.42. The van der Waals surface area contributed by atoms with Crippen LogP contribution in [0.1, 0.15) is 45.4 Å². The van der Waals surface area contributed by atoms with E-state index in [0.717, 1.165) is 51.3 Å². The van der Waals surface area contributed by atoms with Crippen LogP contribution in [-0.2, 0) is 4.79 Å². The summed E-state index contributed by atoms with van der Waals surface area (Å²) in [7, 11) is 0. The van der Waals surface area contributed by atoms with Crippen LogP contribution in [0.4, 0.5) is 5.82 Å². The first kappa shape index (κ1) is 19.4. The molecule has 1 atom stereocenters. The molecule has 144 valence electrons. The van der Waals surface area contributed by atoms with Gasteiger partial charge in [-0.05, 0) is 63.2 Å². The van der Waals surface area contributed by atoms with Crippen molar-refractivity contribution in [3.8, 4) is 0 Å². The minimum absolute atomic E-state index is 0.217. The van der Waals surface area contributed by atoms with E-state index >= 15 is 0 Å². The molecule has 2 aliphatic heterocycles. The molecular weight excluding hydrogens is 348 g/mol. The second-order valence-electron chi connectivity index (χ2n) is 7.53. The highest BCUT2D eigenvalue weighted by atomic mass is 35.5. The first-order valence-electron chi connectivity index (χ1n) is 10.0. The van der Waals surface area contributed by atoms with E-state index in [4.69, 9.17) is 11.6 Å². The molecule has 5 nitrogen and oxygen atoms in total. The number of carbonyl (C=O) groups is 1. The lowest BCUT2D eigenvalue weighted by molar-refractivity contribution is -0.121. The van der Waals surface area contributed by atoms with Crippen molar-refractivity contribution in [2.24, 2.45) is 5.92 Å². The second kappa shape index (κ2) is 9.56. The fourth-order valence-electron chi connectivity index (χ4n) is 4.20. The third-order valence-electron chi connectivity index (χ3n) is 5.87. The van der Waals surface area contributed by atoms with Gasteiger partial charge in [-0.15, -0.1) is 0 Å². The van der Waals surface area contributed by atoms with Crippen LogP contribution in [0.25, 0.3) is 0 Å². The van der Waals surface area contributed by atoms with Crippen LogP contribution in [0.5, 0.6) is 0 Å². The molecule has 1 N–H and O–H groups in total. The van der Waals surface area contributed by atoms with Gasteiger partial charge in [0.05, 0.1) is 5.02 Å². The molecule has 2 aliphatic rings. The van der Waals surface area contributed by atoms with Crippen molar-refractivity contribution in [2.75, 3.05) is 37.6 Å². The molecule has 0 bridgehead atoms. The number of halogens is 1. The molecule has 0 spiro atoms. The van der Waals surface area contributed by atoms with Crippen LogP contribution < -0.4 is 10.2 Å². The summed E-state index contributed by atoms with van der Waals surface area (Å²) in [6.07, 6.45) is 8.09. The lowest BCUT2D eigenvalue weighted by atomic mass is 9.92. The number of piperidine rings is 1. The number of anilines is 1. The van der Waals surface area contributed by atoms with E-state index in [2.05, 4.69) is 27.0 Å². The van der Waals surface area contributed by atoms with Crippen molar-refractivity contribution in [1.29, 1.82) is 0 Å². The maximum absolute atomic E-state index is 12.2. The lowest BCUT2D eigenvalue weighted by Gasteiger charge is -2.32. The molecule has 6 heteroatoms. The molecule has 0 aromatic carbocycles. The molecule has 1 aromatic heterocycles. The quantitative estimate of drug-likeness (QED) is 0.790. The highest BCUT2D eigenvalue weighted by molar-refractivity contribution is 6.30. The number of aromatic nitrogens is 1. The van der Waals surface area contributed by atoms with Gasteiger partial charge in [-0.2, -0.15) is 0 Å². The summed E-state index contributed by atoms with van der Waals surface area (Å²) in [6.45, 7) is 7.29. The molecule has 0 saturated carbocycles. The molecule has 26 heavy (non-hydrogen) atoms.